The molecule has 0 fully saturated rings. The van der Waals surface area contributed by atoms with Crippen LogP contribution < -0.4 is 5.43 Å². The smallest absolute Gasteiger partial charge is 0.286 e. The standard InChI is InChI=1S/C15H9BrN4O3/c16-11-7-5-10(6-8-11)15(21)13(9-17)19-18-12-3-1-2-4-14(12)20(22)23/h1-8,18H/b19-13-. The van der Waals surface area contributed by atoms with E-state index >= 15 is 0 Å². The zero-order valence-electron chi connectivity index (χ0n) is 11.6. The van der Waals surface area contributed by atoms with Crippen LogP contribution in [0.2, 0.25) is 0 Å². The van der Waals surface area contributed by atoms with E-state index < -0.39 is 16.4 Å². The second-order valence-corrected chi connectivity index (χ2v) is 5.21. The Morgan fingerprint density at radius 1 is 1.22 bits per heavy atom. The van der Waals surface area contributed by atoms with Gasteiger partial charge in [-0.05, 0) is 30.3 Å². The number of nitriles is 1. The van der Waals surface area contributed by atoms with Crippen LogP contribution >= 0.6 is 15.9 Å². The normalized spacial score (nSPS) is 10.7. The topological polar surface area (TPSA) is 108 Å². The molecule has 0 saturated carbocycles. The Labute approximate surface area is 139 Å². The monoisotopic (exact) mass is 372 g/mol. The first kappa shape index (κ1) is 16.3. The molecule has 0 aliphatic heterocycles. The number of carbonyl (C=O) groups is 1. The highest BCUT2D eigenvalue weighted by Gasteiger charge is 2.16. The van der Waals surface area contributed by atoms with Gasteiger partial charge < -0.3 is 0 Å². The summed E-state index contributed by atoms with van der Waals surface area (Å²) < 4.78 is 0.794. The Bertz CT molecular complexity index is 825. The van der Waals surface area contributed by atoms with Gasteiger partial charge in [0.25, 0.3) is 5.69 Å². The molecule has 0 atom stereocenters. The fourth-order valence-electron chi connectivity index (χ4n) is 1.71. The van der Waals surface area contributed by atoms with Crippen molar-refractivity contribution in [3.05, 3.63) is 68.7 Å². The molecule has 0 aliphatic rings. The first-order chi connectivity index (χ1) is 11.0. The molecule has 2 aromatic carbocycles. The minimum Gasteiger partial charge on any atom is -0.286 e. The lowest BCUT2D eigenvalue weighted by atomic mass is 10.1. The van der Waals surface area contributed by atoms with Crippen LogP contribution in [0, 0.1) is 21.4 Å². The lowest BCUT2D eigenvalue weighted by Gasteiger charge is -2.03. The van der Waals surface area contributed by atoms with Crippen molar-refractivity contribution in [3.63, 3.8) is 0 Å². The molecule has 1 N–H and O–H groups in total. The van der Waals surface area contributed by atoms with Crippen molar-refractivity contribution < 1.29 is 9.72 Å². The maximum absolute atomic E-state index is 12.2. The van der Waals surface area contributed by atoms with Gasteiger partial charge in [-0.1, -0.05) is 28.1 Å². The van der Waals surface area contributed by atoms with E-state index in [2.05, 4.69) is 26.5 Å². The molecule has 0 radical (unpaired) electrons. The number of nitrogens with zero attached hydrogens (tertiary/aromatic N) is 3. The molecule has 0 unspecified atom stereocenters. The zero-order valence-corrected chi connectivity index (χ0v) is 13.1. The molecule has 0 saturated heterocycles. The molecule has 2 aromatic rings. The van der Waals surface area contributed by atoms with Crippen molar-refractivity contribution in [1.82, 2.24) is 0 Å². The number of carbonyl (C=O) groups excluding carboxylic acids is 1. The quantitative estimate of drug-likeness (QED) is 0.373. The number of nitro groups is 1. The fraction of sp³-hybridized carbons (Fsp3) is 0. The van der Waals surface area contributed by atoms with Crippen LogP contribution in [0.3, 0.4) is 0 Å². The third kappa shape index (κ3) is 3.99. The summed E-state index contributed by atoms with van der Waals surface area (Å²) in [5, 5.41) is 23.7. The maximum atomic E-state index is 12.2. The molecule has 2 rings (SSSR count). The van der Waals surface area contributed by atoms with Crippen LogP contribution in [0.25, 0.3) is 0 Å². The van der Waals surface area contributed by atoms with Crippen LogP contribution in [0.15, 0.2) is 58.1 Å². The lowest BCUT2D eigenvalue weighted by molar-refractivity contribution is -0.384. The van der Waals surface area contributed by atoms with Crippen molar-refractivity contribution in [2.24, 2.45) is 5.10 Å². The van der Waals surface area contributed by atoms with Crippen LogP contribution in [-0.2, 0) is 0 Å². The number of benzene rings is 2. The summed E-state index contributed by atoms with van der Waals surface area (Å²) in [4.78, 5) is 22.5. The molecule has 23 heavy (non-hydrogen) atoms. The van der Waals surface area contributed by atoms with Gasteiger partial charge in [-0.25, -0.2) is 0 Å². The minimum atomic E-state index is -0.583. The number of nitro benzene ring substituents is 1. The highest BCUT2D eigenvalue weighted by molar-refractivity contribution is 9.10. The average Bonchev–Trinajstić information content (AvgIpc) is 2.56. The van der Waals surface area contributed by atoms with Crippen molar-refractivity contribution >= 4 is 38.8 Å². The van der Waals surface area contributed by atoms with E-state index in [1.54, 1.807) is 36.4 Å². The van der Waals surface area contributed by atoms with E-state index in [4.69, 9.17) is 5.26 Å². The lowest BCUT2D eigenvalue weighted by Crippen LogP contribution is -2.14. The second-order valence-electron chi connectivity index (χ2n) is 4.29. The van der Waals surface area contributed by atoms with Crippen LogP contribution in [0.4, 0.5) is 11.4 Å². The summed E-state index contributed by atoms with van der Waals surface area (Å²) in [5.74, 6) is -0.578. The average molecular weight is 373 g/mol. The van der Waals surface area contributed by atoms with Gasteiger partial charge in [0, 0.05) is 16.1 Å². The van der Waals surface area contributed by atoms with Crippen molar-refractivity contribution in [3.8, 4) is 6.07 Å². The number of anilines is 1. The van der Waals surface area contributed by atoms with Gasteiger partial charge in [0.05, 0.1) is 4.92 Å². The van der Waals surface area contributed by atoms with Crippen LogP contribution in [0.1, 0.15) is 10.4 Å². The van der Waals surface area contributed by atoms with E-state index in [1.807, 2.05) is 0 Å². The molecule has 114 valence electrons. The van der Waals surface area contributed by atoms with E-state index in [-0.39, 0.29) is 16.9 Å². The number of hydrazone groups is 1. The number of hydrogen-bond donors (Lipinski definition) is 1. The predicted molar refractivity (Wildman–Crippen MR) is 88.2 cm³/mol. The highest BCUT2D eigenvalue weighted by atomic mass is 79.9. The third-order valence-electron chi connectivity index (χ3n) is 2.82. The van der Waals surface area contributed by atoms with Crippen molar-refractivity contribution in [2.45, 2.75) is 0 Å². The van der Waals surface area contributed by atoms with E-state index in [1.165, 1.54) is 18.2 Å². The number of ketones is 1. The number of hydrogen-bond acceptors (Lipinski definition) is 6. The molecule has 0 heterocycles. The second kappa shape index (κ2) is 7.29. The van der Waals surface area contributed by atoms with Gasteiger partial charge >= 0.3 is 0 Å². The summed E-state index contributed by atoms with van der Waals surface area (Å²) in [6.45, 7) is 0. The number of para-hydroxylation sites is 2. The number of nitrogens with one attached hydrogen (secondary N) is 1. The molecular formula is C15H9BrN4O3. The molecule has 8 heteroatoms. The molecule has 0 bridgehead atoms. The van der Waals surface area contributed by atoms with Gasteiger partial charge in [0.1, 0.15) is 11.8 Å². The summed E-state index contributed by atoms with van der Waals surface area (Å²) in [6, 6.07) is 13.9. The van der Waals surface area contributed by atoms with Crippen molar-refractivity contribution in [1.29, 1.82) is 5.26 Å². The Balaban J connectivity index is 2.26. The molecule has 7 nitrogen and oxygen atoms in total. The minimum absolute atomic E-state index is 0.0915. The molecule has 0 aromatic heterocycles. The Morgan fingerprint density at radius 3 is 2.48 bits per heavy atom. The van der Waals surface area contributed by atoms with Crippen LogP contribution in [0.5, 0.6) is 0 Å². The number of rotatable bonds is 5. The Kier molecular flexibility index (Phi) is 5.17. The molecular weight excluding hydrogens is 364 g/mol. The third-order valence-corrected chi connectivity index (χ3v) is 3.34. The predicted octanol–water partition coefficient (Wildman–Crippen LogP) is 3.53. The first-order valence-electron chi connectivity index (χ1n) is 6.30. The first-order valence-corrected chi connectivity index (χ1v) is 7.09. The largest absolute Gasteiger partial charge is 0.294 e. The summed E-state index contributed by atoms with van der Waals surface area (Å²) >= 11 is 3.25. The van der Waals surface area contributed by atoms with E-state index in [0.29, 0.717) is 0 Å². The van der Waals surface area contributed by atoms with Crippen LogP contribution in [-0.4, -0.2) is 16.4 Å². The Morgan fingerprint density at radius 2 is 1.87 bits per heavy atom. The fourth-order valence-corrected chi connectivity index (χ4v) is 1.97. The summed E-state index contributed by atoms with van der Waals surface area (Å²) in [7, 11) is 0. The van der Waals surface area contributed by atoms with E-state index in [0.717, 1.165) is 4.47 Å². The van der Waals surface area contributed by atoms with Gasteiger partial charge in [-0.2, -0.15) is 10.4 Å². The summed E-state index contributed by atoms with van der Waals surface area (Å²) in [5.41, 5.74) is 2.18. The summed E-state index contributed by atoms with van der Waals surface area (Å²) in [6.07, 6.45) is 0. The molecule has 0 aliphatic carbocycles. The maximum Gasteiger partial charge on any atom is 0.294 e. The molecule has 0 amide bonds. The van der Waals surface area contributed by atoms with Gasteiger partial charge in [0.2, 0.25) is 11.5 Å². The highest BCUT2D eigenvalue weighted by Crippen LogP contribution is 2.23. The zero-order chi connectivity index (χ0) is 16.8. The van der Waals surface area contributed by atoms with Gasteiger partial charge in [0.15, 0.2) is 0 Å². The SMILES string of the molecule is N#C/C(=N/Nc1ccccc1[N+](=O)[O-])C(=O)c1ccc(Br)cc1. The Hall–Kier alpha value is -3.05. The van der Waals surface area contributed by atoms with Gasteiger partial charge in [-0.15, -0.1) is 0 Å². The molecule has 0 spiro atoms. The number of halogens is 1. The van der Waals surface area contributed by atoms with E-state index in [9.17, 15) is 14.9 Å². The van der Waals surface area contributed by atoms with Crippen molar-refractivity contribution in [2.75, 3.05) is 5.43 Å². The number of Topliss-reactive ketones (excluding diaryl/α,β-unsaturated/α-hetero) is 1. The van der Waals surface area contributed by atoms with Gasteiger partial charge in [-0.3, -0.25) is 20.3 Å².